The number of Topliss-reactive ketones (excluding diaryl/α,β-unsaturated/α-hetero) is 1. The molecule has 2 aromatic rings. The molecule has 1 aromatic heterocycles. The van der Waals surface area contributed by atoms with E-state index < -0.39 is 0 Å². The molecule has 0 aliphatic rings. The van der Waals surface area contributed by atoms with E-state index in [-0.39, 0.29) is 5.78 Å². The monoisotopic (exact) mass is 258 g/mol. The fourth-order valence-electron chi connectivity index (χ4n) is 1.89. The Bertz CT molecular complexity index is 494. The maximum atomic E-state index is 12.0. The van der Waals surface area contributed by atoms with Crippen molar-refractivity contribution in [2.45, 2.75) is 32.6 Å². The van der Waals surface area contributed by atoms with E-state index in [1.165, 1.54) is 10.4 Å². The van der Waals surface area contributed by atoms with E-state index in [0.29, 0.717) is 12.3 Å². The smallest absolute Gasteiger partial charge is 0.163 e. The first-order valence-electron chi connectivity index (χ1n) is 6.32. The summed E-state index contributed by atoms with van der Waals surface area (Å²) in [5, 5.41) is 2.05. The Kier molecular flexibility index (Phi) is 4.32. The third-order valence-electron chi connectivity index (χ3n) is 3.08. The van der Waals surface area contributed by atoms with Crippen LogP contribution in [0, 0.1) is 0 Å². The van der Waals surface area contributed by atoms with Gasteiger partial charge in [0.2, 0.25) is 0 Å². The fourth-order valence-corrected chi connectivity index (χ4v) is 2.60. The van der Waals surface area contributed by atoms with Crippen LogP contribution in [0.1, 0.15) is 47.0 Å². The van der Waals surface area contributed by atoms with Gasteiger partial charge in [0, 0.05) is 16.9 Å². The van der Waals surface area contributed by atoms with Crippen molar-refractivity contribution in [1.82, 2.24) is 0 Å². The fraction of sp³-hybridized carbons (Fsp3) is 0.312. The van der Waals surface area contributed by atoms with Crippen molar-refractivity contribution >= 4 is 17.1 Å². The predicted molar refractivity (Wildman–Crippen MR) is 77.5 cm³/mol. The SMILES string of the molecule is CC(C)c1ccc(C(=O)CCc2cccs2)cc1. The van der Waals surface area contributed by atoms with Crippen LogP contribution in [0.3, 0.4) is 0 Å². The summed E-state index contributed by atoms with van der Waals surface area (Å²) in [6.07, 6.45) is 1.45. The average molecular weight is 258 g/mol. The Labute approximate surface area is 112 Å². The highest BCUT2D eigenvalue weighted by molar-refractivity contribution is 7.09. The van der Waals surface area contributed by atoms with Crippen LogP contribution in [-0.2, 0) is 6.42 Å². The zero-order chi connectivity index (χ0) is 13.0. The van der Waals surface area contributed by atoms with Gasteiger partial charge in [0.05, 0.1) is 0 Å². The van der Waals surface area contributed by atoms with Crippen molar-refractivity contribution in [2.75, 3.05) is 0 Å². The number of hydrogen-bond acceptors (Lipinski definition) is 2. The first kappa shape index (κ1) is 13.0. The molecule has 94 valence electrons. The molecule has 0 spiro atoms. The van der Waals surface area contributed by atoms with Gasteiger partial charge in [0.1, 0.15) is 0 Å². The number of ketones is 1. The largest absolute Gasteiger partial charge is 0.294 e. The molecule has 0 bridgehead atoms. The highest BCUT2D eigenvalue weighted by Crippen LogP contribution is 2.17. The van der Waals surface area contributed by atoms with Crippen LogP contribution in [0.25, 0.3) is 0 Å². The Morgan fingerprint density at radius 1 is 1.17 bits per heavy atom. The molecular formula is C16H18OS. The lowest BCUT2D eigenvalue weighted by molar-refractivity contribution is 0.0983. The third-order valence-corrected chi connectivity index (χ3v) is 4.01. The molecule has 0 amide bonds. The third kappa shape index (κ3) is 3.30. The highest BCUT2D eigenvalue weighted by Gasteiger charge is 2.07. The maximum Gasteiger partial charge on any atom is 0.163 e. The van der Waals surface area contributed by atoms with E-state index in [4.69, 9.17) is 0 Å². The van der Waals surface area contributed by atoms with Gasteiger partial charge in [-0.1, -0.05) is 44.2 Å². The van der Waals surface area contributed by atoms with Gasteiger partial charge in [0.15, 0.2) is 5.78 Å². The quantitative estimate of drug-likeness (QED) is 0.711. The minimum absolute atomic E-state index is 0.235. The minimum atomic E-state index is 0.235. The van der Waals surface area contributed by atoms with Crippen molar-refractivity contribution in [1.29, 1.82) is 0 Å². The van der Waals surface area contributed by atoms with E-state index >= 15 is 0 Å². The van der Waals surface area contributed by atoms with Crippen LogP contribution in [-0.4, -0.2) is 5.78 Å². The summed E-state index contributed by atoms with van der Waals surface area (Å²) in [5.74, 6) is 0.749. The second kappa shape index (κ2) is 5.96. The molecule has 0 N–H and O–H groups in total. The van der Waals surface area contributed by atoms with Crippen LogP contribution < -0.4 is 0 Å². The van der Waals surface area contributed by atoms with E-state index in [0.717, 1.165) is 12.0 Å². The molecule has 0 aliphatic carbocycles. The zero-order valence-electron chi connectivity index (χ0n) is 10.8. The van der Waals surface area contributed by atoms with Crippen LogP contribution >= 0.6 is 11.3 Å². The van der Waals surface area contributed by atoms with Crippen molar-refractivity contribution < 1.29 is 4.79 Å². The second-order valence-corrected chi connectivity index (χ2v) is 5.81. The standard InChI is InChI=1S/C16H18OS/c1-12(2)13-5-7-14(8-6-13)16(17)10-9-15-4-3-11-18-15/h3-8,11-12H,9-10H2,1-2H3. The van der Waals surface area contributed by atoms with Crippen molar-refractivity contribution in [3.05, 3.63) is 57.8 Å². The predicted octanol–water partition coefficient (Wildman–Crippen LogP) is 4.69. The van der Waals surface area contributed by atoms with Gasteiger partial charge in [-0.25, -0.2) is 0 Å². The minimum Gasteiger partial charge on any atom is -0.294 e. The molecular weight excluding hydrogens is 240 g/mol. The number of hydrogen-bond donors (Lipinski definition) is 0. The summed E-state index contributed by atoms with van der Waals surface area (Å²) in [4.78, 5) is 13.3. The molecule has 1 aromatic carbocycles. The molecule has 2 rings (SSSR count). The average Bonchev–Trinajstić information content (AvgIpc) is 2.89. The summed E-state index contributed by atoms with van der Waals surface area (Å²) >= 11 is 1.71. The molecule has 0 radical (unpaired) electrons. The molecule has 0 unspecified atom stereocenters. The second-order valence-electron chi connectivity index (χ2n) is 4.78. The lowest BCUT2D eigenvalue weighted by atomic mass is 9.99. The van der Waals surface area contributed by atoms with E-state index in [1.54, 1.807) is 11.3 Å². The molecule has 0 atom stereocenters. The van der Waals surface area contributed by atoms with Crippen LogP contribution in [0.2, 0.25) is 0 Å². The zero-order valence-corrected chi connectivity index (χ0v) is 11.7. The molecule has 1 heterocycles. The van der Waals surface area contributed by atoms with Gasteiger partial charge in [-0.05, 0) is 29.3 Å². The van der Waals surface area contributed by atoms with E-state index in [2.05, 4.69) is 37.4 Å². The number of carbonyl (C=O) groups is 1. The molecule has 2 heteroatoms. The van der Waals surface area contributed by atoms with Crippen LogP contribution in [0.4, 0.5) is 0 Å². The first-order valence-corrected chi connectivity index (χ1v) is 7.20. The Balaban J connectivity index is 1.96. The van der Waals surface area contributed by atoms with Gasteiger partial charge in [-0.2, -0.15) is 0 Å². The van der Waals surface area contributed by atoms with Gasteiger partial charge >= 0.3 is 0 Å². The molecule has 0 saturated carbocycles. The summed E-state index contributed by atoms with van der Waals surface area (Å²) < 4.78 is 0. The normalized spacial score (nSPS) is 10.8. The highest BCUT2D eigenvalue weighted by atomic mass is 32.1. The summed E-state index contributed by atoms with van der Waals surface area (Å²) in [6.45, 7) is 4.32. The molecule has 18 heavy (non-hydrogen) atoms. The van der Waals surface area contributed by atoms with Crippen LogP contribution in [0.5, 0.6) is 0 Å². The Morgan fingerprint density at radius 2 is 1.89 bits per heavy atom. The topological polar surface area (TPSA) is 17.1 Å². The molecule has 1 nitrogen and oxygen atoms in total. The van der Waals surface area contributed by atoms with Crippen molar-refractivity contribution in [3.8, 4) is 0 Å². The maximum absolute atomic E-state index is 12.0. The Morgan fingerprint density at radius 3 is 2.44 bits per heavy atom. The molecule has 0 aliphatic heterocycles. The van der Waals surface area contributed by atoms with Gasteiger partial charge in [-0.15, -0.1) is 11.3 Å². The Hall–Kier alpha value is -1.41. The van der Waals surface area contributed by atoms with Gasteiger partial charge in [-0.3, -0.25) is 4.79 Å². The van der Waals surface area contributed by atoms with Crippen LogP contribution in [0.15, 0.2) is 41.8 Å². The number of rotatable bonds is 5. The van der Waals surface area contributed by atoms with E-state index in [9.17, 15) is 4.79 Å². The lowest BCUT2D eigenvalue weighted by Crippen LogP contribution is -2.01. The van der Waals surface area contributed by atoms with Gasteiger partial charge in [0.25, 0.3) is 0 Å². The molecule has 0 fully saturated rings. The summed E-state index contributed by atoms with van der Waals surface area (Å²) in [5.41, 5.74) is 2.11. The number of thiophene rings is 1. The van der Waals surface area contributed by atoms with Crippen molar-refractivity contribution in [2.24, 2.45) is 0 Å². The first-order chi connectivity index (χ1) is 8.66. The van der Waals surface area contributed by atoms with Crippen molar-refractivity contribution in [3.63, 3.8) is 0 Å². The summed E-state index contributed by atoms with van der Waals surface area (Å²) in [7, 11) is 0. The van der Waals surface area contributed by atoms with Gasteiger partial charge < -0.3 is 0 Å². The molecule has 0 saturated heterocycles. The van der Waals surface area contributed by atoms with E-state index in [1.807, 2.05) is 18.2 Å². The lowest BCUT2D eigenvalue weighted by Gasteiger charge is -2.06. The number of benzene rings is 1. The summed E-state index contributed by atoms with van der Waals surface area (Å²) in [6, 6.07) is 12.1. The number of aryl methyl sites for hydroxylation is 1. The number of carbonyl (C=O) groups excluding carboxylic acids is 1.